The molecular formula is C15H30O. The van der Waals surface area contributed by atoms with E-state index in [2.05, 4.69) is 27.7 Å². The van der Waals surface area contributed by atoms with Gasteiger partial charge in [0.25, 0.3) is 0 Å². The van der Waals surface area contributed by atoms with Crippen LogP contribution >= 0.6 is 0 Å². The predicted octanol–water partition coefficient (Wildman–Crippen LogP) is 4.39. The topological polar surface area (TPSA) is 20.2 Å². The van der Waals surface area contributed by atoms with Crippen molar-refractivity contribution in [2.75, 3.05) is 0 Å². The van der Waals surface area contributed by atoms with Crippen molar-refractivity contribution in [2.24, 2.45) is 17.3 Å². The highest BCUT2D eigenvalue weighted by Crippen LogP contribution is 2.44. The molecule has 0 heterocycles. The second-order valence-corrected chi connectivity index (χ2v) is 6.30. The average molecular weight is 226 g/mol. The summed E-state index contributed by atoms with van der Waals surface area (Å²) in [6.45, 7) is 9.14. The first-order valence-corrected chi connectivity index (χ1v) is 7.18. The molecule has 96 valence electrons. The van der Waals surface area contributed by atoms with Crippen LogP contribution in [0, 0.1) is 17.3 Å². The zero-order chi connectivity index (χ0) is 12.2. The van der Waals surface area contributed by atoms with E-state index in [1.165, 1.54) is 32.1 Å². The van der Waals surface area contributed by atoms with Crippen molar-refractivity contribution in [1.82, 2.24) is 0 Å². The monoisotopic (exact) mass is 226 g/mol. The number of rotatable bonds is 5. The van der Waals surface area contributed by atoms with Crippen LogP contribution < -0.4 is 0 Å². The molecule has 1 saturated carbocycles. The van der Waals surface area contributed by atoms with Gasteiger partial charge in [0.2, 0.25) is 0 Å². The van der Waals surface area contributed by atoms with Gasteiger partial charge in [0.1, 0.15) is 0 Å². The largest absolute Gasteiger partial charge is 0.393 e. The Bertz CT molecular complexity index is 192. The summed E-state index contributed by atoms with van der Waals surface area (Å²) in [6.07, 6.45) is 8.88. The molecule has 1 fully saturated rings. The quantitative estimate of drug-likeness (QED) is 0.737. The first-order valence-electron chi connectivity index (χ1n) is 7.18. The van der Waals surface area contributed by atoms with Crippen LogP contribution in [0.4, 0.5) is 0 Å². The van der Waals surface area contributed by atoms with Gasteiger partial charge in [-0.2, -0.15) is 0 Å². The number of aliphatic hydroxyl groups excluding tert-OH is 1. The Morgan fingerprint density at radius 2 is 1.75 bits per heavy atom. The van der Waals surface area contributed by atoms with E-state index >= 15 is 0 Å². The summed E-state index contributed by atoms with van der Waals surface area (Å²) in [7, 11) is 0. The average Bonchev–Trinajstić information content (AvgIpc) is 2.29. The van der Waals surface area contributed by atoms with E-state index < -0.39 is 0 Å². The molecule has 0 aliphatic heterocycles. The molecule has 16 heavy (non-hydrogen) atoms. The van der Waals surface area contributed by atoms with Crippen LogP contribution in [-0.2, 0) is 0 Å². The van der Waals surface area contributed by atoms with E-state index in [4.69, 9.17) is 0 Å². The third-order valence-corrected chi connectivity index (χ3v) is 4.99. The number of aliphatic hydroxyl groups is 1. The SMILES string of the molecule is CCCC(O)C(C)C(C)(C)C1CCCCC1. The summed E-state index contributed by atoms with van der Waals surface area (Å²) in [5.41, 5.74) is 0.301. The number of hydrogen-bond acceptors (Lipinski definition) is 1. The Kier molecular flexibility index (Phi) is 5.30. The summed E-state index contributed by atoms with van der Waals surface area (Å²) in [5.74, 6) is 1.25. The van der Waals surface area contributed by atoms with Gasteiger partial charge in [-0.3, -0.25) is 0 Å². The summed E-state index contributed by atoms with van der Waals surface area (Å²) < 4.78 is 0. The van der Waals surface area contributed by atoms with Gasteiger partial charge in [-0.15, -0.1) is 0 Å². The molecule has 2 unspecified atom stereocenters. The fourth-order valence-electron chi connectivity index (χ4n) is 3.26. The van der Waals surface area contributed by atoms with Crippen LogP contribution in [0.25, 0.3) is 0 Å². The summed E-state index contributed by atoms with van der Waals surface area (Å²) in [4.78, 5) is 0. The van der Waals surface area contributed by atoms with Gasteiger partial charge < -0.3 is 5.11 Å². The lowest BCUT2D eigenvalue weighted by Crippen LogP contribution is -2.38. The fraction of sp³-hybridized carbons (Fsp3) is 1.00. The summed E-state index contributed by atoms with van der Waals surface area (Å²) in [6, 6.07) is 0. The van der Waals surface area contributed by atoms with E-state index in [9.17, 15) is 5.11 Å². The van der Waals surface area contributed by atoms with Crippen molar-refractivity contribution in [1.29, 1.82) is 0 Å². The second-order valence-electron chi connectivity index (χ2n) is 6.30. The van der Waals surface area contributed by atoms with Crippen molar-refractivity contribution >= 4 is 0 Å². The first-order chi connectivity index (χ1) is 7.50. The second kappa shape index (κ2) is 6.05. The Morgan fingerprint density at radius 3 is 2.25 bits per heavy atom. The van der Waals surface area contributed by atoms with Crippen LogP contribution in [0.5, 0.6) is 0 Å². The predicted molar refractivity (Wildman–Crippen MR) is 70.4 cm³/mol. The minimum atomic E-state index is -0.109. The van der Waals surface area contributed by atoms with Crippen molar-refractivity contribution in [3.05, 3.63) is 0 Å². The molecule has 0 amide bonds. The Labute approximate surface area is 102 Å². The molecule has 0 bridgehead atoms. The Balaban J connectivity index is 2.59. The molecule has 0 aromatic carbocycles. The molecule has 0 aromatic rings. The molecule has 0 spiro atoms. The molecule has 0 saturated heterocycles. The molecule has 1 aliphatic carbocycles. The van der Waals surface area contributed by atoms with Gasteiger partial charge in [-0.1, -0.05) is 53.4 Å². The third-order valence-electron chi connectivity index (χ3n) is 4.99. The van der Waals surface area contributed by atoms with Gasteiger partial charge >= 0.3 is 0 Å². The van der Waals surface area contributed by atoms with Gasteiger partial charge in [-0.25, -0.2) is 0 Å². The molecule has 0 aromatic heterocycles. The zero-order valence-corrected chi connectivity index (χ0v) is 11.6. The smallest absolute Gasteiger partial charge is 0.0570 e. The lowest BCUT2D eigenvalue weighted by molar-refractivity contribution is -0.00443. The third kappa shape index (κ3) is 3.23. The van der Waals surface area contributed by atoms with Crippen LogP contribution in [-0.4, -0.2) is 11.2 Å². The van der Waals surface area contributed by atoms with Crippen LogP contribution in [0.2, 0.25) is 0 Å². The van der Waals surface area contributed by atoms with Crippen molar-refractivity contribution in [3.63, 3.8) is 0 Å². The highest BCUT2D eigenvalue weighted by molar-refractivity contribution is 4.87. The maximum atomic E-state index is 10.2. The molecule has 1 N–H and O–H groups in total. The molecular weight excluding hydrogens is 196 g/mol. The maximum Gasteiger partial charge on any atom is 0.0570 e. The van der Waals surface area contributed by atoms with E-state index in [-0.39, 0.29) is 6.10 Å². The summed E-state index contributed by atoms with van der Waals surface area (Å²) in [5, 5.41) is 10.2. The molecule has 1 heteroatoms. The molecule has 2 atom stereocenters. The van der Waals surface area contributed by atoms with Gasteiger partial charge in [0.15, 0.2) is 0 Å². The Hall–Kier alpha value is -0.0400. The Morgan fingerprint density at radius 1 is 1.19 bits per heavy atom. The van der Waals surface area contributed by atoms with Gasteiger partial charge in [-0.05, 0) is 36.5 Å². The minimum absolute atomic E-state index is 0.109. The lowest BCUT2D eigenvalue weighted by atomic mass is 9.63. The minimum Gasteiger partial charge on any atom is -0.393 e. The van der Waals surface area contributed by atoms with E-state index in [0.29, 0.717) is 11.3 Å². The first kappa shape index (κ1) is 14.0. The van der Waals surface area contributed by atoms with E-state index in [0.717, 1.165) is 18.8 Å². The molecule has 1 rings (SSSR count). The summed E-state index contributed by atoms with van der Waals surface area (Å²) >= 11 is 0. The lowest BCUT2D eigenvalue weighted by Gasteiger charge is -2.43. The maximum absolute atomic E-state index is 10.2. The van der Waals surface area contributed by atoms with E-state index in [1.54, 1.807) is 0 Å². The normalized spacial score (nSPS) is 23.1. The van der Waals surface area contributed by atoms with Gasteiger partial charge in [0.05, 0.1) is 6.10 Å². The van der Waals surface area contributed by atoms with Crippen LogP contribution in [0.3, 0.4) is 0 Å². The van der Waals surface area contributed by atoms with Crippen LogP contribution in [0.1, 0.15) is 72.6 Å². The molecule has 1 nitrogen and oxygen atoms in total. The van der Waals surface area contributed by atoms with Crippen molar-refractivity contribution in [2.45, 2.75) is 78.7 Å². The van der Waals surface area contributed by atoms with Crippen LogP contribution in [0.15, 0.2) is 0 Å². The standard InChI is InChI=1S/C15H30O/c1-5-9-14(16)12(2)15(3,4)13-10-7-6-8-11-13/h12-14,16H,5-11H2,1-4H3. The highest BCUT2D eigenvalue weighted by Gasteiger charge is 2.38. The van der Waals surface area contributed by atoms with E-state index in [1.807, 2.05) is 0 Å². The fourth-order valence-corrected chi connectivity index (χ4v) is 3.26. The zero-order valence-electron chi connectivity index (χ0n) is 11.6. The number of hydrogen-bond donors (Lipinski definition) is 1. The molecule has 1 aliphatic rings. The van der Waals surface area contributed by atoms with Crippen molar-refractivity contribution in [3.8, 4) is 0 Å². The van der Waals surface area contributed by atoms with Crippen molar-refractivity contribution < 1.29 is 5.11 Å². The highest BCUT2D eigenvalue weighted by atomic mass is 16.3. The van der Waals surface area contributed by atoms with Gasteiger partial charge in [0, 0.05) is 0 Å². The molecule has 0 radical (unpaired) electrons.